The van der Waals surface area contributed by atoms with Crippen molar-refractivity contribution in [1.29, 1.82) is 15.8 Å². The van der Waals surface area contributed by atoms with Gasteiger partial charge in [0.15, 0.2) is 0 Å². The van der Waals surface area contributed by atoms with Gasteiger partial charge in [-0.25, -0.2) is 0 Å². The van der Waals surface area contributed by atoms with Crippen molar-refractivity contribution in [2.75, 3.05) is 0 Å². The van der Waals surface area contributed by atoms with Crippen LogP contribution < -0.4 is 0 Å². The number of benzene rings is 10. The summed E-state index contributed by atoms with van der Waals surface area (Å²) >= 11 is 0. The Hall–Kier alpha value is -9.15. The van der Waals surface area contributed by atoms with Gasteiger partial charge in [-0.05, 0) is 68.7 Å². The fraction of sp³-hybridized carbons (Fsp3) is 0. The number of fused-ring (bicyclic) bond motifs is 15. The third-order valence-corrected chi connectivity index (χ3v) is 13.1. The second-order valence-electron chi connectivity index (χ2n) is 16.1. The molecule has 6 nitrogen and oxygen atoms in total. The Labute approximate surface area is 359 Å². The number of rotatable bonds is 3. The van der Waals surface area contributed by atoms with Crippen molar-refractivity contribution in [3.05, 3.63) is 199 Å². The number of nitriles is 3. The topological polar surface area (TPSA) is 86.2 Å². The molecule has 63 heavy (non-hydrogen) atoms. The van der Waals surface area contributed by atoms with Gasteiger partial charge >= 0.3 is 0 Å². The van der Waals surface area contributed by atoms with Crippen molar-refractivity contribution in [1.82, 2.24) is 13.7 Å². The quantitative estimate of drug-likeness (QED) is 0.178. The summed E-state index contributed by atoms with van der Waals surface area (Å²) in [5.74, 6) is 0. The maximum absolute atomic E-state index is 11.8. The zero-order valence-electron chi connectivity index (χ0n) is 33.5. The number of nitrogens with zero attached hydrogens (tertiary/aromatic N) is 6. The van der Waals surface area contributed by atoms with Crippen molar-refractivity contribution in [2.45, 2.75) is 0 Å². The van der Waals surface area contributed by atoms with Gasteiger partial charge in [0.25, 0.3) is 0 Å². The number of aromatic nitrogens is 3. The van der Waals surface area contributed by atoms with Gasteiger partial charge in [0.1, 0.15) is 34.9 Å². The summed E-state index contributed by atoms with van der Waals surface area (Å²) < 4.78 is 6.28. The van der Waals surface area contributed by atoms with E-state index in [4.69, 9.17) is 0 Å². The molecule has 0 unspecified atom stereocenters. The summed E-state index contributed by atoms with van der Waals surface area (Å²) in [4.78, 5) is 0. The summed E-state index contributed by atoms with van der Waals surface area (Å²) in [7, 11) is 0. The third kappa shape index (κ3) is 4.52. The van der Waals surface area contributed by atoms with Crippen molar-refractivity contribution >= 4 is 97.7 Å². The number of hydrogen-bond acceptors (Lipinski definition) is 3. The molecule has 0 fully saturated rings. The summed E-state index contributed by atoms with van der Waals surface area (Å²) in [6.45, 7) is 0. The standard InChI is InChI=1S/C57H30N6/c58-31-43-55(61-46-22-10-7-19-40(46)52-37-16-4-1-13-34(37)25-28-49(52)61)44(32-59)57(63-48-24-12-9-21-42(48)54-39-18-6-3-15-36(39)27-30-51(54)63)45(33-60)56(43)62-47-23-11-8-20-41(47)53-38-17-5-2-14-35(38)26-29-50(53)62/h1-30H. The van der Waals surface area contributed by atoms with E-state index in [2.05, 4.69) is 141 Å². The van der Waals surface area contributed by atoms with Gasteiger partial charge in [-0.3, -0.25) is 0 Å². The van der Waals surface area contributed by atoms with Crippen LogP contribution in [0.3, 0.4) is 0 Å². The Morgan fingerprint density at radius 3 is 0.794 bits per heavy atom. The molecule has 13 rings (SSSR count). The van der Waals surface area contributed by atoms with Gasteiger partial charge in [0.2, 0.25) is 0 Å². The molecular formula is C57H30N6. The van der Waals surface area contributed by atoms with E-state index in [0.717, 1.165) is 97.7 Å². The van der Waals surface area contributed by atoms with Crippen LogP contribution in [0.1, 0.15) is 16.7 Å². The molecule has 0 amide bonds. The van der Waals surface area contributed by atoms with E-state index in [1.54, 1.807) is 0 Å². The molecule has 0 saturated heterocycles. The summed E-state index contributed by atoms with van der Waals surface area (Å²) in [6.07, 6.45) is 0. The molecule has 10 aromatic carbocycles. The van der Waals surface area contributed by atoms with Crippen molar-refractivity contribution < 1.29 is 0 Å². The second-order valence-corrected chi connectivity index (χ2v) is 16.1. The predicted octanol–water partition coefficient (Wildman–Crippen LogP) is 14.1. The van der Waals surface area contributed by atoms with Gasteiger partial charge in [0, 0.05) is 32.3 Å². The zero-order chi connectivity index (χ0) is 41.9. The van der Waals surface area contributed by atoms with Gasteiger partial charge in [-0.15, -0.1) is 0 Å². The van der Waals surface area contributed by atoms with Gasteiger partial charge < -0.3 is 13.7 Å². The number of hydrogen-bond donors (Lipinski definition) is 0. The molecule has 3 heterocycles. The molecule has 0 radical (unpaired) electrons. The fourth-order valence-electron chi connectivity index (χ4n) is 10.6. The van der Waals surface area contributed by atoms with Crippen LogP contribution in [0.25, 0.3) is 115 Å². The lowest BCUT2D eigenvalue weighted by Crippen LogP contribution is -2.14. The summed E-state index contributed by atoms with van der Waals surface area (Å²) in [5.41, 5.74) is 7.04. The minimum Gasteiger partial charge on any atom is -0.306 e. The Morgan fingerprint density at radius 2 is 0.508 bits per heavy atom. The summed E-state index contributed by atoms with van der Waals surface area (Å²) in [5, 5.41) is 48.1. The van der Waals surface area contributed by atoms with Crippen LogP contribution in [0.5, 0.6) is 0 Å². The first-order valence-corrected chi connectivity index (χ1v) is 20.9. The molecule has 0 bridgehead atoms. The minimum absolute atomic E-state index is 0.227. The van der Waals surface area contributed by atoms with Crippen LogP contribution >= 0.6 is 0 Å². The Morgan fingerprint density at radius 1 is 0.254 bits per heavy atom. The van der Waals surface area contributed by atoms with E-state index in [-0.39, 0.29) is 16.7 Å². The first kappa shape index (κ1) is 34.7. The van der Waals surface area contributed by atoms with Crippen LogP contribution in [0.4, 0.5) is 0 Å². The average molecular weight is 799 g/mol. The molecule has 0 aliphatic carbocycles. The molecule has 0 saturated carbocycles. The molecule has 0 aliphatic heterocycles. The largest absolute Gasteiger partial charge is 0.306 e. The lowest BCUT2D eigenvalue weighted by molar-refractivity contribution is 1.06. The highest BCUT2D eigenvalue weighted by Gasteiger charge is 2.33. The molecule has 13 aromatic rings. The van der Waals surface area contributed by atoms with Crippen molar-refractivity contribution in [3.63, 3.8) is 0 Å². The zero-order valence-corrected chi connectivity index (χ0v) is 33.5. The second kappa shape index (κ2) is 12.9. The lowest BCUT2D eigenvalue weighted by atomic mass is 9.96. The van der Waals surface area contributed by atoms with E-state index < -0.39 is 0 Å². The molecule has 288 valence electrons. The fourth-order valence-corrected chi connectivity index (χ4v) is 10.6. The van der Waals surface area contributed by atoms with E-state index >= 15 is 0 Å². The third-order valence-electron chi connectivity index (χ3n) is 13.1. The first-order chi connectivity index (χ1) is 31.2. The normalized spacial score (nSPS) is 11.8. The molecule has 0 N–H and O–H groups in total. The van der Waals surface area contributed by atoms with E-state index in [1.165, 1.54) is 0 Å². The first-order valence-electron chi connectivity index (χ1n) is 20.9. The van der Waals surface area contributed by atoms with Crippen LogP contribution in [-0.4, -0.2) is 13.7 Å². The molecule has 3 aromatic heterocycles. The van der Waals surface area contributed by atoms with E-state index in [0.29, 0.717) is 17.1 Å². The molecular weight excluding hydrogens is 769 g/mol. The lowest BCUT2D eigenvalue weighted by Gasteiger charge is -2.23. The Kier molecular flexibility index (Phi) is 7.12. The Balaban J connectivity index is 1.32. The highest BCUT2D eigenvalue weighted by molar-refractivity contribution is 6.24. The van der Waals surface area contributed by atoms with Crippen LogP contribution in [0.2, 0.25) is 0 Å². The van der Waals surface area contributed by atoms with E-state index in [1.807, 2.05) is 72.8 Å². The highest BCUT2D eigenvalue weighted by Crippen LogP contribution is 2.47. The predicted molar refractivity (Wildman–Crippen MR) is 256 cm³/mol. The van der Waals surface area contributed by atoms with E-state index in [9.17, 15) is 15.8 Å². The van der Waals surface area contributed by atoms with Gasteiger partial charge in [0.05, 0.1) is 50.2 Å². The average Bonchev–Trinajstić information content (AvgIpc) is 3.99. The van der Waals surface area contributed by atoms with Gasteiger partial charge in [-0.1, -0.05) is 146 Å². The molecule has 6 heteroatoms. The van der Waals surface area contributed by atoms with Crippen LogP contribution in [-0.2, 0) is 0 Å². The van der Waals surface area contributed by atoms with Crippen LogP contribution in [0.15, 0.2) is 182 Å². The summed E-state index contributed by atoms with van der Waals surface area (Å²) in [6, 6.07) is 70.1. The van der Waals surface area contributed by atoms with Gasteiger partial charge in [-0.2, -0.15) is 15.8 Å². The SMILES string of the molecule is N#Cc1c(-n2c3ccccc3c3c4ccccc4ccc32)c(C#N)c(-n2c3ccccc3c3c4ccccc4ccc32)c(C#N)c1-n1c2ccccc2c2c3ccccc3ccc21. The van der Waals surface area contributed by atoms with Crippen LogP contribution in [0, 0.1) is 34.0 Å². The maximum atomic E-state index is 11.8. The molecule has 0 aliphatic rings. The highest BCUT2D eigenvalue weighted by atomic mass is 15.1. The maximum Gasteiger partial charge on any atom is 0.104 e. The number of para-hydroxylation sites is 3. The van der Waals surface area contributed by atoms with Crippen molar-refractivity contribution in [3.8, 4) is 35.3 Å². The Bertz CT molecular complexity index is 3850. The molecule has 0 atom stereocenters. The minimum atomic E-state index is 0.227. The monoisotopic (exact) mass is 798 g/mol. The molecule has 0 spiro atoms. The van der Waals surface area contributed by atoms with Crippen molar-refractivity contribution in [2.24, 2.45) is 0 Å². The smallest absolute Gasteiger partial charge is 0.104 e.